The quantitative estimate of drug-likeness (QED) is 0.750. The van der Waals surface area contributed by atoms with Crippen LogP contribution in [0.3, 0.4) is 0 Å². The minimum Gasteiger partial charge on any atom is -0.481 e. The Bertz CT molecular complexity index is 808. The molecule has 0 aliphatic rings. The average molecular weight is 299 g/mol. The highest BCUT2D eigenvalue weighted by molar-refractivity contribution is 7.99. The Hall–Kier alpha value is -2.34. The number of rotatable bonds is 4. The maximum Gasteiger partial charge on any atom is 0.313 e. The van der Waals surface area contributed by atoms with Crippen molar-refractivity contribution in [1.82, 2.24) is 14.5 Å². The summed E-state index contributed by atoms with van der Waals surface area (Å²) < 4.78 is 1.97. The summed E-state index contributed by atoms with van der Waals surface area (Å²) in [6.45, 7) is 1.95. The molecule has 5 nitrogen and oxygen atoms in total. The normalized spacial score (nSPS) is 10.9. The Morgan fingerprint density at radius 1 is 1.29 bits per heavy atom. The number of carboxylic acid groups (broad SMARTS) is 1. The van der Waals surface area contributed by atoms with Crippen molar-refractivity contribution in [3.63, 3.8) is 0 Å². The van der Waals surface area contributed by atoms with E-state index < -0.39 is 5.97 Å². The summed E-state index contributed by atoms with van der Waals surface area (Å²) in [5.74, 6) is -0.869. The van der Waals surface area contributed by atoms with Crippen molar-refractivity contribution in [2.75, 3.05) is 5.75 Å². The van der Waals surface area contributed by atoms with Crippen LogP contribution in [0.2, 0.25) is 0 Å². The van der Waals surface area contributed by atoms with E-state index in [0.717, 1.165) is 22.3 Å². The van der Waals surface area contributed by atoms with Gasteiger partial charge in [0.1, 0.15) is 0 Å². The van der Waals surface area contributed by atoms with Gasteiger partial charge in [-0.2, -0.15) is 0 Å². The SMILES string of the molecule is Cc1cnc(SCC(=O)O)n1-c1cccc2ncccc12. The third-order valence-corrected chi connectivity index (χ3v) is 4.03. The largest absolute Gasteiger partial charge is 0.481 e. The fourth-order valence-electron chi connectivity index (χ4n) is 2.22. The van der Waals surface area contributed by atoms with Gasteiger partial charge in [-0.15, -0.1) is 0 Å². The minimum atomic E-state index is -0.855. The zero-order valence-electron chi connectivity index (χ0n) is 11.4. The summed E-state index contributed by atoms with van der Waals surface area (Å²) in [7, 11) is 0. The van der Waals surface area contributed by atoms with Gasteiger partial charge in [0.05, 0.1) is 17.0 Å². The Morgan fingerprint density at radius 2 is 2.14 bits per heavy atom. The molecule has 0 saturated carbocycles. The van der Waals surface area contributed by atoms with E-state index in [2.05, 4.69) is 9.97 Å². The Morgan fingerprint density at radius 3 is 2.95 bits per heavy atom. The van der Waals surface area contributed by atoms with Crippen molar-refractivity contribution in [3.05, 3.63) is 48.4 Å². The van der Waals surface area contributed by atoms with E-state index in [1.54, 1.807) is 12.4 Å². The van der Waals surface area contributed by atoms with E-state index in [1.165, 1.54) is 11.8 Å². The lowest BCUT2D eigenvalue weighted by Gasteiger charge is -2.12. The van der Waals surface area contributed by atoms with Gasteiger partial charge in [0.15, 0.2) is 5.16 Å². The van der Waals surface area contributed by atoms with Gasteiger partial charge in [0, 0.05) is 23.5 Å². The van der Waals surface area contributed by atoms with Gasteiger partial charge in [-0.05, 0) is 31.2 Å². The van der Waals surface area contributed by atoms with Gasteiger partial charge in [-0.3, -0.25) is 14.3 Å². The molecule has 0 radical (unpaired) electrons. The molecule has 0 atom stereocenters. The molecule has 106 valence electrons. The highest BCUT2D eigenvalue weighted by Gasteiger charge is 2.13. The standard InChI is InChI=1S/C15H13N3O2S/c1-10-8-17-15(21-9-14(19)20)18(10)13-6-2-5-12-11(13)4-3-7-16-12/h2-8H,9H2,1H3,(H,19,20). The molecule has 6 heteroatoms. The summed E-state index contributed by atoms with van der Waals surface area (Å²) in [5, 5.41) is 10.5. The van der Waals surface area contributed by atoms with Gasteiger partial charge >= 0.3 is 5.97 Å². The molecule has 3 aromatic rings. The summed E-state index contributed by atoms with van der Waals surface area (Å²) >= 11 is 1.21. The second-order valence-electron chi connectivity index (χ2n) is 4.55. The number of imidazole rings is 1. The molecule has 2 aromatic heterocycles. The van der Waals surface area contributed by atoms with Crippen LogP contribution in [0.25, 0.3) is 16.6 Å². The number of pyridine rings is 1. The molecule has 0 unspecified atom stereocenters. The first kappa shape index (κ1) is 13.6. The van der Waals surface area contributed by atoms with Crippen LogP contribution in [-0.4, -0.2) is 31.4 Å². The first-order chi connectivity index (χ1) is 10.2. The molecule has 0 aliphatic heterocycles. The van der Waals surface area contributed by atoms with E-state index >= 15 is 0 Å². The van der Waals surface area contributed by atoms with Gasteiger partial charge in [0.25, 0.3) is 0 Å². The van der Waals surface area contributed by atoms with Crippen molar-refractivity contribution < 1.29 is 9.90 Å². The zero-order chi connectivity index (χ0) is 14.8. The van der Waals surface area contributed by atoms with Crippen molar-refractivity contribution in [2.24, 2.45) is 0 Å². The van der Waals surface area contributed by atoms with Crippen LogP contribution in [0.15, 0.2) is 47.9 Å². The van der Waals surface area contributed by atoms with E-state index in [1.807, 2.05) is 41.8 Å². The Balaban J connectivity index is 2.14. The van der Waals surface area contributed by atoms with E-state index in [0.29, 0.717) is 5.16 Å². The highest BCUT2D eigenvalue weighted by atomic mass is 32.2. The van der Waals surface area contributed by atoms with Crippen molar-refractivity contribution in [1.29, 1.82) is 0 Å². The van der Waals surface area contributed by atoms with Crippen LogP contribution < -0.4 is 0 Å². The number of hydrogen-bond donors (Lipinski definition) is 1. The smallest absolute Gasteiger partial charge is 0.313 e. The number of carboxylic acids is 1. The van der Waals surface area contributed by atoms with Crippen LogP contribution in [-0.2, 0) is 4.79 Å². The minimum absolute atomic E-state index is 0.0144. The lowest BCUT2D eigenvalue weighted by molar-refractivity contribution is -0.133. The molecule has 0 bridgehead atoms. The van der Waals surface area contributed by atoms with E-state index in [9.17, 15) is 4.79 Å². The van der Waals surface area contributed by atoms with Gasteiger partial charge < -0.3 is 5.11 Å². The van der Waals surface area contributed by atoms with Crippen molar-refractivity contribution in [2.45, 2.75) is 12.1 Å². The number of hydrogen-bond acceptors (Lipinski definition) is 4. The molecular formula is C15H13N3O2S. The first-order valence-electron chi connectivity index (χ1n) is 6.40. The molecule has 1 aromatic carbocycles. The molecule has 21 heavy (non-hydrogen) atoms. The highest BCUT2D eigenvalue weighted by Crippen LogP contribution is 2.27. The molecule has 0 amide bonds. The third-order valence-electron chi connectivity index (χ3n) is 3.09. The number of aryl methyl sites for hydroxylation is 1. The fourth-order valence-corrected chi connectivity index (χ4v) is 2.97. The average Bonchev–Trinajstić information content (AvgIpc) is 2.85. The number of carbonyl (C=O) groups is 1. The van der Waals surface area contributed by atoms with Crippen LogP contribution in [0.4, 0.5) is 0 Å². The summed E-state index contributed by atoms with van der Waals surface area (Å²) in [6, 6.07) is 9.78. The predicted molar refractivity (Wildman–Crippen MR) is 82.0 cm³/mol. The van der Waals surface area contributed by atoms with E-state index in [-0.39, 0.29) is 5.75 Å². The molecule has 3 rings (SSSR count). The maximum atomic E-state index is 10.8. The van der Waals surface area contributed by atoms with Gasteiger partial charge in [-0.1, -0.05) is 17.8 Å². The summed E-state index contributed by atoms with van der Waals surface area (Å²) in [6.07, 6.45) is 3.51. The number of benzene rings is 1. The lowest BCUT2D eigenvalue weighted by Crippen LogP contribution is -2.03. The molecule has 0 aliphatic carbocycles. The maximum absolute atomic E-state index is 10.8. The summed E-state index contributed by atoms with van der Waals surface area (Å²) in [5.41, 5.74) is 2.82. The molecule has 2 heterocycles. The van der Waals surface area contributed by atoms with Crippen LogP contribution in [0.1, 0.15) is 5.69 Å². The van der Waals surface area contributed by atoms with Crippen LogP contribution in [0, 0.1) is 6.92 Å². The van der Waals surface area contributed by atoms with Gasteiger partial charge in [-0.25, -0.2) is 4.98 Å². The topological polar surface area (TPSA) is 68.0 Å². The molecule has 0 fully saturated rings. The fraction of sp³-hybridized carbons (Fsp3) is 0.133. The molecule has 0 spiro atoms. The van der Waals surface area contributed by atoms with Crippen LogP contribution in [0.5, 0.6) is 0 Å². The van der Waals surface area contributed by atoms with Crippen LogP contribution >= 0.6 is 11.8 Å². The lowest BCUT2D eigenvalue weighted by atomic mass is 10.2. The number of aliphatic carboxylic acids is 1. The number of thioether (sulfide) groups is 1. The second kappa shape index (κ2) is 5.57. The van der Waals surface area contributed by atoms with Crippen molar-refractivity contribution in [3.8, 4) is 5.69 Å². The molecular weight excluding hydrogens is 286 g/mol. The Kier molecular flexibility index (Phi) is 3.62. The van der Waals surface area contributed by atoms with Crippen molar-refractivity contribution >= 4 is 28.6 Å². The van der Waals surface area contributed by atoms with E-state index in [4.69, 9.17) is 5.11 Å². The zero-order valence-corrected chi connectivity index (χ0v) is 12.2. The third kappa shape index (κ3) is 2.62. The number of fused-ring (bicyclic) bond motifs is 1. The van der Waals surface area contributed by atoms with Gasteiger partial charge in [0.2, 0.25) is 0 Å². The second-order valence-corrected chi connectivity index (χ2v) is 5.49. The first-order valence-corrected chi connectivity index (χ1v) is 7.38. The monoisotopic (exact) mass is 299 g/mol. The molecule has 0 saturated heterocycles. The number of aromatic nitrogens is 3. The summed E-state index contributed by atoms with van der Waals surface area (Å²) in [4.78, 5) is 19.4. The Labute approximate surface area is 125 Å². The number of nitrogens with zero attached hydrogens (tertiary/aromatic N) is 3. The molecule has 1 N–H and O–H groups in total. The predicted octanol–water partition coefficient (Wildman–Crippen LogP) is 2.91.